The van der Waals surface area contributed by atoms with E-state index >= 15 is 0 Å². The SMILES string of the molecule is CCN(CC)S(=O)(=O)c1cc(C)c(NC(N)=S)cc1S(=O)(=O)N(CC)CC. The molecule has 0 radical (unpaired) electrons. The standard InChI is InChI=1S/C16H28N4O4S3/c1-6-19(7-2)26(21,22)14-10-12(5)13(18-16(17)25)11-15(14)27(23,24)20(8-3)9-4/h10-11H,6-9H2,1-5H3,(H3,17,18,25). The normalized spacial score (nSPS) is 12.6. The summed E-state index contributed by atoms with van der Waals surface area (Å²) in [6.45, 7) is 9.36. The highest BCUT2D eigenvalue weighted by Gasteiger charge is 2.33. The van der Waals surface area contributed by atoms with E-state index in [1.165, 1.54) is 20.7 Å². The fourth-order valence-corrected chi connectivity index (χ4v) is 6.61. The van der Waals surface area contributed by atoms with Crippen LogP contribution in [0.3, 0.4) is 0 Å². The Balaban J connectivity index is 3.88. The van der Waals surface area contributed by atoms with Gasteiger partial charge in [0.25, 0.3) is 0 Å². The maximum Gasteiger partial charge on any atom is 0.244 e. The number of sulfonamides is 2. The summed E-state index contributed by atoms with van der Waals surface area (Å²) in [5.74, 6) is 0. The number of hydrogen-bond acceptors (Lipinski definition) is 5. The van der Waals surface area contributed by atoms with Gasteiger partial charge in [0.15, 0.2) is 5.11 Å². The van der Waals surface area contributed by atoms with E-state index in [4.69, 9.17) is 18.0 Å². The molecule has 0 bridgehead atoms. The second-order valence-electron chi connectivity index (χ2n) is 5.78. The van der Waals surface area contributed by atoms with Gasteiger partial charge in [0.2, 0.25) is 20.0 Å². The van der Waals surface area contributed by atoms with E-state index in [-0.39, 0.29) is 41.1 Å². The highest BCUT2D eigenvalue weighted by atomic mass is 32.2. The number of nitrogens with one attached hydrogen (secondary N) is 1. The zero-order chi connectivity index (χ0) is 21.0. The summed E-state index contributed by atoms with van der Waals surface area (Å²) in [4.78, 5) is -0.536. The lowest BCUT2D eigenvalue weighted by atomic mass is 10.2. The fraction of sp³-hybridized carbons (Fsp3) is 0.562. The summed E-state index contributed by atoms with van der Waals surface area (Å²) < 4.78 is 55.0. The monoisotopic (exact) mass is 436 g/mol. The van der Waals surface area contributed by atoms with Gasteiger partial charge < -0.3 is 11.1 Å². The third-order valence-electron chi connectivity index (χ3n) is 4.20. The smallest absolute Gasteiger partial charge is 0.244 e. The van der Waals surface area contributed by atoms with Crippen molar-refractivity contribution in [2.45, 2.75) is 44.4 Å². The van der Waals surface area contributed by atoms with Crippen molar-refractivity contribution >= 4 is 43.1 Å². The van der Waals surface area contributed by atoms with Crippen LogP contribution in [0.25, 0.3) is 0 Å². The summed E-state index contributed by atoms with van der Waals surface area (Å²) in [7, 11) is -8.03. The number of rotatable bonds is 9. The van der Waals surface area contributed by atoms with Crippen molar-refractivity contribution in [2.24, 2.45) is 5.73 Å². The van der Waals surface area contributed by atoms with Crippen LogP contribution in [0.15, 0.2) is 21.9 Å². The molecule has 1 aromatic rings. The van der Waals surface area contributed by atoms with E-state index in [0.29, 0.717) is 11.3 Å². The van der Waals surface area contributed by atoms with Crippen molar-refractivity contribution in [2.75, 3.05) is 31.5 Å². The highest BCUT2D eigenvalue weighted by molar-refractivity contribution is 7.92. The van der Waals surface area contributed by atoms with E-state index in [9.17, 15) is 16.8 Å². The first-order valence-corrected chi connectivity index (χ1v) is 12.0. The van der Waals surface area contributed by atoms with Crippen molar-refractivity contribution < 1.29 is 16.8 Å². The van der Waals surface area contributed by atoms with E-state index in [1.54, 1.807) is 34.6 Å². The van der Waals surface area contributed by atoms with Crippen LogP contribution in [0.2, 0.25) is 0 Å². The van der Waals surface area contributed by atoms with Gasteiger partial charge in [-0.1, -0.05) is 27.7 Å². The van der Waals surface area contributed by atoms with Gasteiger partial charge in [-0.05, 0) is 36.8 Å². The molecule has 0 aliphatic heterocycles. The number of aryl methyl sites for hydroxylation is 1. The van der Waals surface area contributed by atoms with E-state index in [0.717, 1.165) is 0 Å². The lowest BCUT2D eigenvalue weighted by molar-refractivity contribution is 0.434. The van der Waals surface area contributed by atoms with Crippen LogP contribution in [0.1, 0.15) is 33.3 Å². The molecular weight excluding hydrogens is 408 g/mol. The molecule has 154 valence electrons. The largest absolute Gasteiger partial charge is 0.376 e. The molecule has 0 aromatic heterocycles. The maximum atomic E-state index is 13.2. The Hall–Kier alpha value is -1.27. The van der Waals surface area contributed by atoms with Crippen LogP contribution in [0.5, 0.6) is 0 Å². The van der Waals surface area contributed by atoms with Gasteiger partial charge in [0.05, 0.1) is 0 Å². The van der Waals surface area contributed by atoms with Gasteiger partial charge in [-0.2, -0.15) is 8.61 Å². The number of benzene rings is 1. The molecule has 0 fully saturated rings. The van der Waals surface area contributed by atoms with Crippen molar-refractivity contribution in [1.82, 2.24) is 8.61 Å². The Kier molecular flexibility index (Phi) is 8.17. The van der Waals surface area contributed by atoms with Crippen molar-refractivity contribution in [3.8, 4) is 0 Å². The Morgan fingerprint density at radius 3 is 1.63 bits per heavy atom. The second kappa shape index (κ2) is 9.28. The van der Waals surface area contributed by atoms with Crippen molar-refractivity contribution in [3.05, 3.63) is 17.7 Å². The highest BCUT2D eigenvalue weighted by Crippen LogP contribution is 2.32. The quantitative estimate of drug-likeness (QED) is 0.567. The van der Waals surface area contributed by atoms with Crippen LogP contribution in [-0.2, 0) is 20.0 Å². The molecular formula is C16H28N4O4S3. The minimum atomic E-state index is -4.04. The van der Waals surface area contributed by atoms with E-state index in [1.807, 2.05) is 0 Å². The molecule has 0 aliphatic carbocycles. The Morgan fingerprint density at radius 1 is 0.926 bits per heavy atom. The molecule has 0 heterocycles. The second-order valence-corrected chi connectivity index (χ2v) is 10.0. The summed E-state index contributed by atoms with van der Waals surface area (Å²) in [6.07, 6.45) is 0. The molecule has 11 heteroatoms. The molecule has 0 amide bonds. The average molecular weight is 437 g/mol. The minimum absolute atomic E-state index is 0.0383. The third kappa shape index (κ3) is 4.96. The Bertz CT molecular complexity index is 890. The van der Waals surface area contributed by atoms with Crippen molar-refractivity contribution in [1.29, 1.82) is 0 Å². The topological polar surface area (TPSA) is 113 Å². The van der Waals surface area contributed by atoms with Gasteiger partial charge in [-0.3, -0.25) is 0 Å². The van der Waals surface area contributed by atoms with E-state index < -0.39 is 20.0 Å². The third-order valence-corrected chi connectivity index (χ3v) is 8.61. The molecule has 1 aromatic carbocycles. The summed E-state index contributed by atoms with van der Waals surface area (Å²) in [5.41, 5.74) is 6.39. The van der Waals surface area contributed by atoms with Crippen LogP contribution < -0.4 is 11.1 Å². The average Bonchev–Trinajstić information content (AvgIpc) is 2.57. The van der Waals surface area contributed by atoms with Crippen LogP contribution in [-0.4, -0.2) is 56.7 Å². The van der Waals surface area contributed by atoms with Crippen molar-refractivity contribution in [3.63, 3.8) is 0 Å². The van der Waals surface area contributed by atoms with Gasteiger partial charge in [0, 0.05) is 31.9 Å². The molecule has 0 atom stereocenters. The Morgan fingerprint density at radius 2 is 1.30 bits per heavy atom. The molecule has 0 saturated carbocycles. The first-order valence-electron chi connectivity index (χ1n) is 8.68. The number of nitrogens with zero attached hydrogens (tertiary/aromatic N) is 2. The first-order chi connectivity index (χ1) is 12.5. The van der Waals surface area contributed by atoms with Gasteiger partial charge in [-0.15, -0.1) is 0 Å². The predicted octanol–water partition coefficient (Wildman–Crippen LogP) is 1.71. The van der Waals surface area contributed by atoms with Gasteiger partial charge in [0.1, 0.15) is 9.79 Å². The molecule has 8 nitrogen and oxygen atoms in total. The molecule has 3 N–H and O–H groups in total. The zero-order valence-electron chi connectivity index (χ0n) is 16.3. The fourth-order valence-electron chi connectivity index (χ4n) is 2.74. The molecule has 0 aliphatic rings. The summed E-state index contributed by atoms with van der Waals surface area (Å²) in [6, 6.07) is 2.64. The lowest BCUT2D eigenvalue weighted by Crippen LogP contribution is -2.35. The number of nitrogens with two attached hydrogens (primary N) is 1. The summed E-state index contributed by atoms with van der Waals surface area (Å²) in [5, 5.41) is 2.68. The van der Waals surface area contributed by atoms with Gasteiger partial charge in [-0.25, -0.2) is 16.8 Å². The molecule has 0 saturated heterocycles. The number of hydrogen-bond donors (Lipinski definition) is 2. The molecule has 0 spiro atoms. The lowest BCUT2D eigenvalue weighted by Gasteiger charge is -2.25. The molecule has 0 unspecified atom stereocenters. The minimum Gasteiger partial charge on any atom is -0.376 e. The van der Waals surface area contributed by atoms with Crippen LogP contribution >= 0.6 is 12.2 Å². The zero-order valence-corrected chi connectivity index (χ0v) is 18.8. The van der Waals surface area contributed by atoms with Gasteiger partial charge >= 0.3 is 0 Å². The Labute approximate surface area is 167 Å². The molecule has 27 heavy (non-hydrogen) atoms. The number of anilines is 1. The summed E-state index contributed by atoms with van der Waals surface area (Å²) >= 11 is 4.84. The first kappa shape index (κ1) is 23.8. The van der Waals surface area contributed by atoms with Crippen LogP contribution in [0, 0.1) is 6.92 Å². The van der Waals surface area contributed by atoms with E-state index in [2.05, 4.69) is 5.32 Å². The van der Waals surface area contributed by atoms with Crippen LogP contribution in [0.4, 0.5) is 5.69 Å². The predicted molar refractivity (Wildman–Crippen MR) is 112 cm³/mol. The maximum absolute atomic E-state index is 13.2. The number of thiocarbonyl (C=S) groups is 1. The molecule has 1 rings (SSSR count).